The van der Waals surface area contributed by atoms with Crippen molar-refractivity contribution >= 4 is 29.7 Å². The molecule has 0 saturated heterocycles. The molecule has 222 valence electrons. The lowest BCUT2D eigenvalue weighted by atomic mass is 9.93. The smallest absolute Gasteiger partial charge is 0.407 e. The summed E-state index contributed by atoms with van der Waals surface area (Å²) in [5.41, 5.74) is 6.80. The molecule has 0 bridgehead atoms. The first-order valence-corrected chi connectivity index (χ1v) is 12.9. The number of unbranched alkanes of at least 4 members (excludes halogenated alkanes) is 1. The summed E-state index contributed by atoms with van der Waals surface area (Å²) in [6.07, 6.45) is -0.510. The number of ketones is 1. The summed E-state index contributed by atoms with van der Waals surface area (Å²) in [7, 11) is 0. The van der Waals surface area contributed by atoms with Crippen molar-refractivity contribution in [2.24, 2.45) is 11.0 Å². The Bertz CT molecular complexity index is 874. The van der Waals surface area contributed by atoms with Crippen LogP contribution in [0, 0.1) is 5.92 Å². The molecule has 3 N–H and O–H groups in total. The first-order chi connectivity index (χ1) is 18.0. The second-order valence-corrected chi connectivity index (χ2v) is 10.9. The number of aliphatic carboxylic acids is 1. The summed E-state index contributed by atoms with van der Waals surface area (Å²) < 4.78 is 15.5. The maximum Gasteiger partial charge on any atom is 0.407 e. The molecule has 0 heterocycles. The Morgan fingerprint density at radius 3 is 2.15 bits per heavy atom. The third kappa shape index (κ3) is 20.3. The molecule has 0 radical (unpaired) electrons. The number of carboxylic acids is 1. The van der Waals surface area contributed by atoms with E-state index in [0.29, 0.717) is 12.8 Å². The molecule has 39 heavy (non-hydrogen) atoms. The van der Waals surface area contributed by atoms with Crippen molar-refractivity contribution in [2.45, 2.75) is 97.3 Å². The summed E-state index contributed by atoms with van der Waals surface area (Å²) in [4.78, 5) is 63.7. The molecule has 2 amide bonds. The molecule has 0 unspecified atom stereocenters. The van der Waals surface area contributed by atoms with Crippen molar-refractivity contribution in [3.8, 4) is 0 Å². The number of ether oxygens (including phenoxy) is 3. The van der Waals surface area contributed by atoms with Crippen LogP contribution in [0.1, 0.15) is 80.1 Å². The Kier molecular flexibility index (Phi) is 16.4. The number of nitrogens with one attached hydrogen (secondary N) is 2. The Balaban J connectivity index is 5.10. The first-order valence-electron chi connectivity index (χ1n) is 12.9. The molecule has 0 aromatic heterocycles. The number of carbonyl (C=O) groups excluding carboxylic acids is 4. The molecule has 0 aromatic carbocycles. The summed E-state index contributed by atoms with van der Waals surface area (Å²) >= 11 is 0. The van der Waals surface area contributed by atoms with Crippen molar-refractivity contribution < 1.29 is 43.3 Å². The lowest BCUT2D eigenvalue weighted by molar-refractivity contribution is -0.160. The van der Waals surface area contributed by atoms with Gasteiger partial charge < -0.3 is 30.0 Å². The van der Waals surface area contributed by atoms with Crippen LogP contribution in [-0.2, 0) is 33.4 Å². The zero-order chi connectivity index (χ0) is 30.1. The first kappa shape index (κ1) is 35.6. The van der Waals surface area contributed by atoms with Crippen LogP contribution < -0.4 is 10.6 Å². The zero-order valence-corrected chi connectivity index (χ0v) is 23.8. The minimum Gasteiger partial charge on any atom is -0.481 e. The van der Waals surface area contributed by atoms with Gasteiger partial charge in [0, 0.05) is 30.8 Å². The highest BCUT2D eigenvalue weighted by molar-refractivity contribution is 5.92. The predicted molar refractivity (Wildman–Crippen MR) is 141 cm³/mol. The number of nitrogens with zero attached hydrogens (tertiary/aromatic N) is 3. The van der Waals surface area contributed by atoms with Crippen LogP contribution in [0.3, 0.4) is 0 Å². The molecule has 2 atom stereocenters. The molecule has 0 aliphatic rings. The molecule has 0 aromatic rings. The summed E-state index contributed by atoms with van der Waals surface area (Å²) in [6, 6.07) is -0.997. The van der Waals surface area contributed by atoms with E-state index >= 15 is 0 Å². The maximum atomic E-state index is 13.0. The van der Waals surface area contributed by atoms with Crippen LogP contribution in [0.25, 0.3) is 10.4 Å². The molecule has 14 heteroatoms. The number of amides is 2. The van der Waals surface area contributed by atoms with Crippen molar-refractivity contribution in [3.63, 3.8) is 0 Å². The van der Waals surface area contributed by atoms with Crippen molar-refractivity contribution in [3.05, 3.63) is 10.4 Å². The van der Waals surface area contributed by atoms with Gasteiger partial charge in [0.2, 0.25) is 5.91 Å². The second kappa shape index (κ2) is 18.0. The van der Waals surface area contributed by atoms with Gasteiger partial charge in [-0.25, -0.2) is 4.79 Å². The van der Waals surface area contributed by atoms with Crippen LogP contribution in [0.15, 0.2) is 5.11 Å². The van der Waals surface area contributed by atoms with Crippen molar-refractivity contribution in [1.29, 1.82) is 0 Å². The zero-order valence-electron chi connectivity index (χ0n) is 23.8. The van der Waals surface area contributed by atoms with Gasteiger partial charge in [-0.1, -0.05) is 5.11 Å². The van der Waals surface area contributed by atoms with E-state index in [1.165, 1.54) is 0 Å². The number of carbonyl (C=O) groups is 5. The fourth-order valence-electron chi connectivity index (χ4n) is 3.19. The van der Waals surface area contributed by atoms with E-state index in [-0.39, 0.29) is 39.1 Å². The van der Waals surface area contributed by atoms with Gasteiger partial charge in [-0.05, 0) is 66.3 Å². The molecule has 0 aliphatic carbocycles. The number of esters is 1. The number of Topliss-reactive ketones (excluding diaryl/α,β-unsaturated/α-hetero) is 1. The number of alkyl carbamates (subject to hydrolysis) is 1. The average Bonchev–Trinajstić information content (AvgIpc) is 2.77. The molecule has 0 saturated carbocycles. The molecule has 0 spiro atoms. The Hall–Kier alpha value is -3.38. The third-order valence-corrected chi connectivity index (χ3v) is 4.81. The SMILES string of the molecule is CC(C)(C)OC(=O)C[C@H](CC(=O)[C@H](CCCCNC(=O)OC(C)(C)C)NC(=O)CCOCCN=[N+]=[N-])C(=O)O. The lowest BCUT2D eigenvalue weighted by Gasteiger charge is -2.22. The van der Waals surface area contributed by atoms with Gasteiger partial charge in [0.25, 0.3) is 0 Å². The van der Waals surface area contributed by atoms with Crippen LogP contribution in [0.2, 0.25) is 0 Å². The number of carboxylic acid groups (broad SMARTS) is 1. The average molecular weight is 558 g/mol. The number of hydrogen-bond donors (Lipinski definition) is 3. The van der Waals surface area contributed by atoms with E-state index in [0.717, 1.165) is 0 Å². The number of rotatable bonds is 18. The predicted octanol–water partition coefficient (Wildman–Crippen LogP) is 3.28. The van der Waals surface area contributed by atoms with Gasteiger partial charge in [-0.15, -0.1) is 0 Å². The van der Waals surface area contributed by atoms with Crippen LogP contribution in [0.4, 0.5) is 4.79 Å². The maximum absolute atomic E-state index is 13.0. The Morgan fingerprint density at radius 1 is 0.949 bits per heavy atom. The van der Waals surface area contributed by atoms with Gasteiger partial charge in [-0.2, -0.15) is 0 Å². The van der Waals surface area contributed by atoms with Gasteiger partial charge in [0.15, 0.2) is 5.78 Å². The van der Waals surface area contributed by atoms with E-state index in [9.17, 15) is 29.1 Å². The van der Waals surface area contributed by atoms with E-state index in [1.54, 1.807) is 41.5 Å². The van der Waals surface area contributed by atoms with Gasteiger partial charge >= 0.3 is 18.0 Å². The normalized spacial score (nSPS) is 12.9. The summed E-state index contributed by atoms with van der Waals surface area (Å²) in [5, 5.41) is 18.1. The van der Waals surface area contributed by atoms with Crippen molar-refractivity contribution in [1.82, 2.24) is 10.6 Å². The van der Waals surface area contributed by atoms with Crippen LogP contribution in [-0.4, -0.2) is 78.4 Å². The highest BCUT2D eigenvalue weighted by Gasteiger charge is 2.30. The molecular weight excluding hydrogens is 514 g/mol. The second-order valence-electron chi connectivity index (χ2n) is 10.9. The van der Waals surface area contributed by atoms with Crippen molar-refractivity contribution in [2.75, 3.05) is 26.3 Å². The largest absolute Gasteiger partial charge is 0.481 e. The Labute approximate surface area is 229 Å². The molecule has 0 fully saturated rings. The summed E-state index contributed by atoms with van der Waals surface area (Å²) in [5.74, 6) is -4.40. The van der Waals surface area contributed by atoms with Crippen LogP contribution >= 0.6 is 0 Å². The fourth-order valence-corrected chi connectivity index (χ4v) is 3.19. The van der Waals surface area contributed by atoms with Gasteiger partial charge in [-0.3, -0.25) is 19.2 Å². The number of azide groups is 1. The lowest BCUT2D eigenvalue weighted by Crippen LogP contribution is -2.42. The molecule has 0 aliphatic heterocycles. The fraction of sp³-hybridized carbons (Fsp3) is 0.800. The highest BCUT2D eigenvalue weighted by Crippen LogP contribution is 2.17. The topological polar surface area (TPSA) is 206 Å². The quantitative estimate of drug-likeness (QED) is 0.0742. The third-order valence-electron chi connectivity index (χ3n) is 4.81. The van der Waals surface area contributed by atoms with E-state index < -0.39 is 65.7 Å². The minimum absolute atomic E-state index is 0.0316. The van der Waals surface area contributed by atoms with E-state index in [2.05, 4.69) is 20.7 Å². The molecular formula is C25H43N5O9. The minimum atomic E-state index is -1.32. The molecule has 0 rings (SSSR count). The number of hydrogen-bond acceptors (Lipinski definition) is 9. The Morgan fingerprint density at radius 2 is 1.59 bits per heavy atom. The monoisotopic (exact) mass is 557 g/mol. The summed E-state index contributed by atoms with van der Waals surface area (Å²) in [6.45, 7) is 10.7. The van der Waals surface area contributed by atoms with E-state index in [4.69, 9.17) is 19.7 Å². The van der Waals surface area contributed by atoms with Gasteiger partial charge in [0.1, 0.15) is 11.2 Å². The molecule has 14 nitrogen and oxygen atoms in total. The van der Waals surface area contributed by atoms with Gasteiger partial charge in [0.05, 0.1) is 31.6 Å². The van der Waals surface area contributed by atoms with Crippen LogP contribution in [0.5, 0.6) is 0 Å². The highest BCUT2D eigenvalue weighted by atomic mass is 16.6. The standard InChI is InChI=1S/C25H43N5O9/c1-24(2,3)38-21(33)16-17(22(34)35)15-19(31)18(29-20(32)10-13-37-14-12-28-30-26)9-7-8-11-27-23(36)39-25(4,5)6/h17-18H,7-16H2,1-6H3,(H,27,36)(H,29,32)(H,34,35)/t17-,18-/m0/s1. The van der Waals surface area contributed by atoms with E-state index in [1.807, 2.05) is 0 Å².